The molecule has 8 nitrogen and oxygen atoms in total. The monoisotopic (exact) mass is 436 g/mol. The number of carbonyl (C=O) groups excluding carboxylic acids is 1. The summed E-state index contributed by atoms with van der Waals surface area (Å²) in [7, 11) is 0. The predicted molar refractivity (Wildman–Crippen MR) is 117 cm³/mol. The summed E-state index contributed by atoms with van der Waals surface area (Å²) in [5.74, 6) is 0.976. The van der Waals surface area contributed by atoms with Crippen LogP contribution in [0.5, 0.6) is 0 Å². The van der Waals surface area contributed by atoms with Crippen LogP contribution in [-0.2, 0) is 4.79 Å². The number of hydrogen-bond acceptors (Lipinski definition) is 6. The van der Waals surface area contributed by atoms with E-state index in [1.165, 1.54) is 6.33 Å². The van der Waals surface area contributed by atoms with Gasteiger partial charge in [-0.15, -0.1) is 0 Å². The van der Waals surface area contributed by atoms with Crippen molar-refractivity contribution in [3.63, 3.8) is 0 Å². The first-order chi connectivity index (χ1) is 15.2. The summed E-state index contributed by atoms with van der Waals surface area (Å²) in [4.78, 5) is 23.5. The minimum Gasteiger partial charge on any atom is -0.440 e. The number of rotatable bonds is 5. The summed E-state index contributed by atoms with van der Waals surface area (Å²) in [6.07, 6.45) is 4.83. The van der Waals surface area contributed by atoms with Crippen LogP contribution in [0.4, 0.5) is 5.69 Å². The maximum Gasteiger partial charge on any atom is 0.238 e. The molecule has 0 atom stereocenters. The third kappa shape index (κ3) is 4.30. The Morgan fingerprint density at radius 3 is 2.81 bits per heavy atom. The number of nitrogens with one attached hydrogen (secondary N) is 1. The largest absolute Gasteiger partial charge is 0.440 e. The molecular weight excluding hydrogens is 416 g/mol. The summed E-state index contributed by atoms with van der Waals surface area (Å²) in [5, 5.41) is 7.64. The molecule has 0 bridgehead atoms. The molecule has 4 aromatic rings. The lowest BCUT2D eigenvalue weighted by Crippen LogP contribution is -2.38. The standard InChI is InChI=1S/C22H21ClN6O2/c23-16-5-6-19(29-14-24-13-25-29)18(11-16)26-21(30)12-28-9-7-15(8-10-28)22-27-17-3-1-2-4-20(17)31-22/h1-6,11,13-15H,7-10,12H2,(H,26,30). The number of fused-ring (bicyclic) bond motifs is 1. The van der Waals surface area contributed by atoms with Gasteiger partial charge in [-0.05, 0) is 56.3 Å². The average molecular weight is 437 g/mol. The minimum atomic E-state index is -0.0936. The second kappa shape index (κ2) is 8.49. The lowest BCUT2D eigenvalue weighted by atomic mass is 9.97. The number of aromatic nitrogens is 4. The fraction of sp³-hybridized carbons (Fsp3) is 0.273. The number of likely N-dealkylation sites (tertiary alicyclic amines) is 1. The Morgan fingerprint density at radius 1 is 1.19 bits per heavy atom. The molecule has 1 fully saturated rings. The highest BCUT2D eigenvalue weighted by atomic mass is 35.5. The fourth-order valence-electron chi connectivity index (χ4n) is 3.94. The number of nitrogens with zero attached hydrogens (tertiary/aromatic N) is 5. The third-order valence-electron chi connectivity index (χ3n) is 5.51. The van der Waals surface area contributed by atoms with Gasteiger partial charge in [-0.25, -0.2) is 14.6 Å². The van der Waals surface area contributed by atoms with Gasteiger partial charge in [0.25, 0.3) is 0 Å². The number of amides is 1. The van der Waals surface area contributed by atoms with Crippen molar-refractivity contribution in [2.75, 3.05) is 25.0 Å². The van der Waals surface area contributed by atoms with E-state index >= 15 is 0 Å². The van der Waals surface area contributed by atoms with Crippen LogP contribution in [0.2, 0.25) is 5.02 Å². The van der Waals surface area contributed by atoms with Crippen LogP contribution in [0.3, 0.4) is 0 Å². The summed E-state index contributed by atoms with van der Waals surface area (Å²) >= 11 is 6.14. The Hall–Kier alpha value is -3.23. The molecule has 31 heavy (non-hydrogen) atoms. The van der Waals surface area contributed by atoms with Crippen molar-refractivity contribution < 1.29 is 9.21 Å². The zero-order chi connectivity index (χ0) is 21.2. The minimum absolute atomic E-state index is 0.0936. The van der Waals surface area contributed by atoms with Gasteiger partial charge < -0.3 is 9.73 Å². The van der Waals surface area contributed by atoms with Crippen LogP contribution in [0.25, 0.3) is 16.8 Å². The Bertz CT molecular complexity index is 1160. The third-order valence-corrected chi connectivity index (χ3v) is 5.75. The molecule has 5 rings (SSSR count). The Balaban J connectivity index is 1.20. The number of hydrogen-bond donors (Lipinski definition) is 1. The van der Waals surface area contributed by atoms with Crippen molar-refractivity contribution in [3.8, 4) is 5.69 Å². The van der Waals surface area contributed by atoms with Crippen LogP contribution in [0.1, 0.15) is 24.7 Å². The number of para-hydroxylation sites is 2. The summed E-state index contributed by atoms with van der Waals surface area (Å²) < 4.78 is 7.52. The molecule has 1 N–H and O–H groups in total. The van der Waals surface area contributed by atoms with Crippen molar-refractivity contribution in [2.24, 2.45) is 0 Å². The molecular formula is C22H21ClN6O2. The van der Waals surface area contributed by atoms with Crippen LogP contribution in [0, 0.1) is 0 Å². The highest BCUT2D eigenvalue weighted by Crippen LogP contribution is 2.30. The van der Waals surface area contributed by atoms with Crippen LogP contribution in [0.15, 0.2) is 59.5 Å². The van der Waals surface area contributed by atoms with Crippen molar-refractivity contribution in [1.82, 2.24) is 24.6 Å². The average Bonchev–Trinajstić information content (AvgIpc) is 3.44. The Morgan fingerprint density at radius 2 is 2.03 bits per heavy atom. The van der Waals surface area contributed by atoms with Crippen LogP contribution < -0.4 is 5.32 Å². The zero-order valence-electron chi connectivity index (χ0n) is 16.7. The van der Waals surface area contributed by atoms with Crippen molar-refractivity contribution in [2.45, 2.75) is 18.8 Å². The number of carbonyl (C=O) groups is 1. The van der Waals surface area contributed by atoms with Crippen molar-refractivity contribution >= 4 is 34.3 Å². The van der Waals surface area contributed by atoms with E-state index in [-0.39, 0.29) is 11.8 Å². The van der Waals surface area contributed by atoms with Crippen molar-refractivity contribution in [1.29, 1.82) is 0 Å². The molecule has 0 saturated carbocycles. The smallest absolute Gasteiger partial charge is 0.238 e. The molecule has 1 aliphatic rings. The van der Waals surface area contributed by atoms with Gasteiger partial charge in [-0.2, -0.15) is 5.10 Å². The van der Waals surface area contributed by atoms with Crippen LogP contribution in [-0.4, -0.2) is 50.2 Å². The van der Waals surface area contributed by atoms with E-state index in [9.17, 15) is 4.79 Å². The van der Waals surface area contributed by atoms with E-state index in [4.69, 9.17) is 16.0 Å². The van der Waals surface area contributed by atoms with Gasteiger partial charge >= 0.3 is 0 Å². The van der Waals surface area contributed by atoms with Crippen LogP contribution >= 0.6 is 11.6 Å². The quantitative estimate of drug-likeness (QED) is 0.510. The highest BCUT2D eigenvalue weighted by Gasteiger charge is 2.26. The van der Waals surface area contributed by atoms with E-state index in [0.717, 1.165) is 42.9 Å². The summed E-state index contributed by atoms with van der Waals surface area (Å²) in [6, 6.07) is 13.1. The van der Waals surface area contributed by atoms with E-state index in [2.05, 4.69) is 25.3 Å². The molecule has 1 saturated heterocycles. The molecule has 1 amide bonds. The normalized spacial score (nSPS) is 15.4. The molecule has 0 spiro atoms. The van der Waals surface area contributed by atoms with E-state index in [1.54, 1.807) is 29.2 Å². The van der Waals surface area contributed by atoms with Gasteiger partial charge in [-0.1, -0.05) is 23.7 Å². The molecule has 158 valence electrons. The second-order valence-electron chi connectivity index (χ2n) is 7.62. The molecule has 3 heterocycles. The van der Waals surface area contributed by atoms with E-state index in [1.807, 2.05) is 24.3 Å². The molecule has 0 radical (unpaired) electrons. The first kappa shape index (κ1) is 19.7. The molecule has 0 unspecified atom stereocenters. The summed E-state index contributed by atoms with van der Waals surface area (Å²) in [6.45, 7) is 1.92. The SMILES string of the molecule is O=C(CN1CCC(c2nc3ccccc3o2)CC1)Nc1cc(Cl)ccc1-n1cncn1. The number of anilines is 1. The van der Waals surface area contributed by atoms with Gasteiger partial charge in [0.05, 0.1) is 17.9 Å². The molecule has 0 aliphatic carbocycles. The topological polar surface area (TPSA) is 89.1 Å². The molecule has 1 aliphatic heterocycles. The molecule has 2 aromatic heterocycles. The van der Waals surface area contributed by atoms with Gasteiger partial charge in [0, 0.05) is 10.9 Å². The first-order valence-corrected chi connectivity index (χ1v) is 10.6. The summed E-state index contributed by atoms with van der Waals surface area (Å²) in [5.41, 5.74) is 3.03. The van der Waals surface area contributed by atoms with E-state index in [0.29, 0.717) is 22.9 Å². The Kier molecular flexibility index (Phi) is 5.40. The lowest BCUT2D eigenvalue weighted by Gasteiger charge is -2.30. The number of oxazole rings is 1. The molecule has 2 aromatic carbocycles. The number of piperidine rings is 1. The van der Waals surface area contributed by atoms with Gasteiger partial charge in [0.1, 0.15) is 18.2 Å². The van der Waals surface area contributed by atoms with Gasteiger partial charge in [0.15, 0.2) is 11.5 Å². The highest BCUT2D eigenvalue weighted by molar-refractivity contribution is 6.31. The molecule has 9 heteroatoms. The fourth-order valence-corrected chi connectivity index (χ4v) is 4.11. The zero-order valence-corrected chi connectivity index (χ0v) is 17.5. The van der Waals surface area contributed by atoms with Gasteiger partial charge in [0.2, 0.25) is 5.91 Å². The second-order valence-corrected chi connectivity index (χ2v) is 8.06. The first-order valence-electron chi connectivity index (χ1n) is 10.2. The number of benzene rings is 2. The van der Waals surface area contributed by atoms with E-state index < -0.39 is 0 Å². The Labute approximate surface area is 183 Å². The maximum absolute atomic E-state index is 12.7. The van der Waals surface area contributed by atoms with Crippen molar-refractivity contribution in [3.05, 3.63) is 66.0 Å². The number of halogens is 1. The maximum atomic E-state index is 12.7. The predicted octanol–water partition coefficient (Wildman–Crippen LogP) is 3.88. The van der Waals surface area contributed by atoms with Gasteiger partial charge in [-0.3, -0.25) is 9.69 Å². The lowest BCUT2D eigenvalue weighted by molar-refractivity contribution is -0.117.